The lowest BCUT2D eigenvalue weighted by Crippen LogP contribution is -2.12. The van der Waals surface area contributed by atoms with Gasteiger partial charge in [0.25, 0.3) is 10.0 Å². The SMILES string of the molecule is Cc1cccc(NS(=O)(=O)c2ccc(N=Nc3ccc(N(C)C)cc3)cc2)c1. The molecule has 0 fully saturated rings. The normalized spacial score (nSPS) is 11.5. The Labute approximate surface area is 165 Å². The molecule has 1 N–H and O–H groups in total. The Bertz CT molecular complexity index is 1070. The first kappa shape index (κ1) is 19.6. The van der Waals surface area contributed by atoms with Gasteiger partial charge in [-0.05, 0) is 73.2 Å². The quantitative estimate of drug-likeness (QED) is 0.578. The maximum absolute atomic E-state index is 12.5. The summed E-state index contributed by atoms with van der Waals surface area (Å²) in [6.45, 7) is 1.91. The highest BCUT2D eigenvalue weighted by molar-refractivity contribution is 7.92. The first-order chi connectivity index (χ1) is 13.3. The number of nitrogens with one attached hydrogen (secondary N) is 1. The van der Waals surface area contributed by atoms with Gasteiger partial charge < -0.3 is 4.90 Å². The first-order valence-electron chi connectivity index (χ1n) is 8.72. The molecule has 0 heterocycles. The number of sulfonamides is 1. The van der Waals surface area contributed by atoms with Gasteiger partial charge >= 0.3 is 0 Å². The Morgan fingerprint density at radius 3 is 1.93 bits per heavy atom. The van der Waals surface area contributed by atoms with E-state index in [4.69, 9.17) is 0 Å². The molecule has 3 aromatic carbocycles. The topological polar surface area (TPSA) is 74.1 Å². The highest BCUT2D eigenvalue weighted by atomic mass is 32.2. The molecule has 6 nitrogen and oxygen atoms in total. The van der Waals surface area contributed by atoms with Gasteiger partial charge in [-0.2, -0.15) is 10.2 Å². The molecular weight excluding hydrogens is 372 g/mol. The molecule has 0 saturated carbocycles. The predicted molar refractivity (Wildman–Crippen MR) is 113 cm³/mol. The summed E-state index contributed by atoms with van der Waals surface area (Å²) in [6, 6.07) is 21.2. The van der Waals surface area contributed by atoms with Crippen LogP contribution in [-0.4, -0.2) is 22.5 Å². The van der Waals surface area contributed by atoms with Gasteiger partial charge in [0.1, 0.15) is 0 Å². The number of rotatable bonds is 6. The minimum atomic E-state index is -3.65. The molecule has 3 aromatic rings. The summed E-state index contributed by atoms with van der Waals surface area (Å²) in [6.07, 6.45) is 0. The summed E-state index contributed by atoms with van der Waals surface area (Å²) in [5.41, 5.74) is 3.89. The maximum Gasteiger partial charge on any atom is 0.261 e. The van der Waals surface area contributed by atoms with E-state index in [-0.39, 0.29) is 4.90 Å². The molecule has 0 atom stereocenters. The second-order valence-corrected chi connectivity index (χ2v) is 8.26. The molecular formula is C21H22N4O2S. The van der Waals surface area contributed by atoms with Crippen LogP contribution in [0.3, 0.4) is 0 Å². The van der Waals surface area contributed by atoms with Crippen molar-refractivity contribution in [1.82, 2.24) is 0 Å². The van der Waals surface area contributed by atoms with Crippen LogP contribution < -0.4 is 9.62 Å². The molecule has 0 saturated heterocycles. The molecule has 144 valence electrons. The Hall–Kier alpha value is -3.19. The monoisotopic (exact) mass is 394 g/mol. The van der Waals surface area contributed by atoms with Gasteiger partial charge in [0, 0.05) is 25.5 Å². The van der Waals surface area contributed by atoms with Gasteiger partial charge in [-0.15, -0.1) is 0 Å². The standard InChI is InChI=1S/C21H22N4O2S/c1-16-5-4-6-19(15-16)24-28(26,27)21-13-9-18(10-14-21)23-22-17-7-11-20(12-8-17)25(2)3/h4-15,24H,1-3H3. The highest BCUT2D eigenvalue weighted by Crippen LogP contribution is 2.23. The van der Waals surface area contributed by atoms with Gasteiger partial charge in [0.05, 0.1) is 16.3 Å². The van der Waals surface area contributed by atoms with Crippen LogP contribution in [-0.2, 0) is 10.0 Å². The van der Waals surface area contributed by atoms with Gasteiger partial charge in [-0.1, -0.05) is 12.1 Å². The minimum Gasteiger partial charge on any atom is -0.378 e. The number of anilines is 2. The van der Waals surface area contributed by atoms with Crippen LogP contribution in [0.25, 0.3) is 0 Å². The molecule has 28 heavy (non-hydrogen) atoms. The average Bonchev–Trinajstić information content (AvgIpc) is 2.67. The molecule has 7 heteroatoms. The summed E-state index contributed by atoms with van der Waals surface area (Å²) in [5.74, 6) is 0. The zero-order chi connectivity index (χ0) is 20.1. The van der Waals surface area contributed by atoms with E-state index in [1.807, 2.05) is 62.3 Å². The minimum absolute atomic E-state index is 0.170. The summed E-state index contributed by atoms with van der Waals surface area (Å²) in [4.78, 5) is 2.17. The lowest BCUT2D eigenvalue weighted by atomic mass is 10.2. The highest BCUT2D eigenvalue weighted by Gasteiger charge is 2.14. The van der Waals surface area contributed by atoms with E-state index < -0.39 is 10.0 Å². The van der Waals surface area contributed by atoms with E-state index >= 15 is 0 Å². The summed E-state index contributed by atoms with van der Waals surface area (Å²) in [7, 11) is 0.291. The molecule has 0 aliphatic rings. The number of nitrogens with zero attached hydrogens (tertiary/aromatic N) is 3. The lowest BCUT2D eigenvalue weighted by Gasteiger charge is -2.11. The van der Waals surface area contributed by atoms with Crippen LogP contribution in [0.5, 0.6) is 0 Å². The van der Waals surface area contributed by atoms with E-state index in [2.05, 4.69) is 15.0 Å². The zero-order valence-electron chi connectivity index (χ0n) is 16.0. The van der Waals surface area contributed by atoms with E-state index in [0.717, 1.165) is 16.9 Å². The largest absolute Gasteiger partial charge is 0.378 e. The smallest absolute Gasteiger partial charge is 0.261 e. The number of aryl methyl sites for hydroxylation is 1. The summed E-state index contributed by atoms with van der Waals surface area (Å²) < 4.78 is 27.6. The van der Waals surface area contributed by atoms with Gasteiger partial charge in [-0.3, -0.25) is 4.72 Å². The molecule has 0 radical (unpaired) electrons. The number of hydrogen-bond donors (Lipinski definition) is 1. The average molecular weight is 395 g/mol. The van der Waals surface area contributed by atoms with Crippen LogP contribution in [0.15, 0.2) is 87.9 Å². The summed E-state index contributed by atoms with van der Waals surface area (Å²) in [5, 5.41) is 8.35. The van der Waals surface area contributed by atoms with Crippen molar-refractivity contribution in [1.29, 1.82) is 0 Å². The van der Waals surface area contributed by atoms with Crippen LogP contribution in [0, 0.1) is 6.92 Å². The van der Waals surface area contributed by atoms with Crippen molar-refractivity contribution in [2.45, 2.75) is 11.8 Å². The molecule has 0 amide bonds. The third-order valence-electron chi connectivity index (χ3n) is 4.06. The van der Waals surface area contributed by atoms with E-state index in [0.29, 0.717) is 11.4 Å². The van der Waals surface area contributed by atoms with Gasteiger partial charge in [-0.25, -0.2) is 8.42 Å². The lowest BCUT2D eigenvalue weighted by molar-refractivity contribution is 0.601. The van der Waals surface area contributed by atoms with E-state index in [1.54, 1.807) is 24.3 Å². The molecule has 0 bridgehead atoms. The predicted octanol–water partition coefficient (Wildman–Crippen LogP) is 5.28. The number of benzene rings is 3. The van der Waals surface area contributed by atoms with Crippen molar-refractivity contribution in [2.24, 2.45) is 10.2 Å². The van der Waals surface area contributed by atoms with Crippen molar-refractivity contribution < 1.29 is 8.42 Å². The van der Waals surface area contributed by atoms with Crippen molar-refractivity contribution >= 4 is 32.8 Å². The fourth-order valence-corrected chi connectivity index (χ4v) is 3.60. The van der Waals surface area contributed by atoms with Crippen molar-refractivity contribution in [3.8, 4) is 0 Å². The van der Waals surface area contributed by atoms with E-state index in [9.17, 15) is 8.42 Å². The third-order valence-corrected chi connectivity index (χ3v) is 5.46. The number of hydrogen-bond acceptors (Lipinski definition) is 5. The van der Waals surface area contributed by atoms with Crippen molar-refractivity contribution in [3.63, 3.8) is 0 Å². The Morgan fingerprint density at radius 2 is 1.39 bits per heavy atom. The van der Waals surface area contributed by atoms with Crippen LogP contribution in [0.4, 0.5) is 22.7 Å². The Balaban J connectivity index is 1.72. The number of azo groups is 1. The Kier molecular flexibility index (Phi) is 5.75. The second kappa shape index (κ2) is 8.22. The van der Waals surface area contributed by atoms with Crippen molar-refractivity contribution in [2.75, 3.05) is 23.7 Å². The molecule has 0 aliphatic carbocycles. The van der Waals surface area contributed by atoms with E-state index in [1.165, 1.54) is 12.1 Å². The van der Waals surface area contributed by atoms with Gasteiger partial charge in [0.15, 0.2) is 0 Å². The molecule has 0 spiro atoms. The zero-order valence-corrected chi connectivity index (χ0v) is 16.8. The molecule has 3 rings (SSSR count). The van der Waals surface area contributed by atoms with Crippen molar-refractivity contribution in [3.05, 3.63) is 78.4 Å². The summed E-state index contributed by atoms with van der Waals surface area (Å²) >= 11 is 0. The molecule has 0 aromatic heterocycles. The fraction of sp³-hybridized carbons (Fsp3) is 0.143. The van der Waals surface area contributed by atoms with Crippen LogP contribution >= 0.6 is 0 Å². The third kappa shape index (κ3) is 4.95. The fourth-order valence-electron chi connectivity index (χ4n) is 2.55. The second-order valence-electron chi connectivity index (χ2n) is 6.58. The molecule has 0 aliphatic heterocycles. The molecule has 0 unspecified atom stereocenters. The van der Waals surface area contributed by atoms with Crippen LogP contribution in [0.2, 0.25) is 0 Å². The van der Waals surface area contributed by atoms with Crippen LogP contribution in [0.1, 0.15) is 5.56 Å². The Morgan fingerprint density at radius 1 is 0.821 bits per heavy atom. The van der Waals surface area contributed by atoms with Gasteiger partial charge in [0.2, 0.25) is 0 Å². The first-order valence-corrected chi connectivity index (χ1v) is 10.2. The maximum atomic E-state index is 12.5.